The zero-order chi connectivity index (χ0) is 19.7. The Hall–Kier alpha value is -2.59. The largest absolute Gasteiger partial charge is 0.378 e. The predicted molar refractivity (Wildman–Crippen MR) is 119 cm³/mol. The number of hydrogen-bond donors (Lipinski definition) is 0. The molecule has 2 aliphatic rings. The normalized spacial score (nSPS) is 18.9. The van der Waals surface area contributed by atoms with Crippen LogP contribution in [-0.2, 0) is 4.74 Å². The van der Waals surface area contributed by atoms with Crippen molar-refractivity contribution in [3.8, 4) is 0 Å². The Morgan fingerprint density at radius 3 is 2.46 bits per heavy atom. The van der Waals surface area contributed by atoms with Gasteiger partial charge in [0.15, 0.2) is 0 Å². The third-order valence-electron chi connectivity index (χ3n) is 5.83. The molecule has 2 aromatic carbocycles. The van der Waals surface area contributed by atoms with Gasteiger partial charge in [-0.2, -0.15) is 0 Å². The molecule has 0 aliphatic carbocycles. The van der Waals surface area contributed by atoms with Gasteiger partial charge in [0, 0.05) is 43.3 Å². The number of benzene rings is 2. The molecule has 0 unspecified atom stereocenters. The molecule has 0 N–H and O–H groups in total. The highest BCUT2D eigenvalue weighted by atomic mass is 16.5. The minimum Gasteiger partial charge on any atom is -0.378 e. The molecule has 0 spiro atoms. The van der Waals surface area contributed by atoms with E-state index >= 15 is 0 Å². The molecule has 2 aromatic rings. The minimum absolute atomic E-state index is 0.0366. The fraction of sp³-hybridized carbons (Fsp3) is 0.375. The maximum Gasteiger partial charge on any atom is 0.0642 e. The van der Waals surface area contributed by atoms with E-state index in [9.17, 15) is 0 Å². The van der Waals surface area contributed by atoms with Crippen LogP contribution in [-0.4, -0.2) is 45.1 Å². The summed E-state index contributed by atoms with van der Waals surface area (Å²) in [5.74, 6) is 0. The standard InChI is InChI=1S/C24H29N3O/c1-18-16-24(2,3)26(4)23-10-5-19(15-22(18)23)17-25-20-6-8-21(9-7-20)27-11-13-28-14-12-27/h5-10,15-17H,11-14H2,1-4H3. The van der Waals surface area contributed by atoms with Crippen LogP contribution >= 0.6 is 0 Å². The zero-order valence-electron chi connectivity index (χ0n) is 17.3. The molecule has 2 heterocycles. The van der Waals surface area contributed by atoms with Crippen molar-refractivity contribution >= 4 is 28.8 Å². The highest BCUT2D eigenvalue weighted by Gasteiger charge is 2.28. The van der Waals surface area contributed by atoms with Gasteiger partial charge in [0.1, 0.15) is 0 Å². The summed E-state index contributed by atoms with van der Waals surface area (Å²) >= 11 is 0. The zero-order valence-corrected chi connectivity index (χ0v) is 17.3. The van der Waals surface area contributed by atoms with Gasteiger partial charge in [-0.3, -0.25) is 4.99 Å². The van der Waals surface area contributed by atoms with E-state index in [4.69, 9.17) is 4.74 Å². The Labute approximate surface area is 168 Å². The van der Waals surface area contributed by atoms with Gasteiger partial charge in [-0.25, -0.2) is 0 Å². The lowest BCUT2D eigenvalue weighted by molar-refractivity contribution is 0.122. The van der Waals surface area contributed by atoms with Crippen molar-refractivity contribution < 1.29 is 4.74 Å². The van der Waals surface area contributed by atoms with Crippen molar-refractivity contribution in [2.24, 2.45) is 4.99 Å². The van der Waals surface area contributed by atoms with Gasteiger partial charge in [0.05, 0.1) is 24.4 Å². The molecule has 0 radical (unpaired) electrons. The number of ether oxygens (including phenoxy) is 1. The molecule has 0 bridgehead atoms. The highest BCUT2D eigenvalue weighted by Crippen LogP contribution is 2.38. The molecule has 0 amide bonds. The Bertz CT molecular complexity index is 906. The summed E-state index contributed by atoms with van der Waals surface area (Å²) in [5, 5.41) is 0. The van der Waals surface area contributed by atoms with Crippen molar-refractivity contribution in [2.75, 3.05) is 43.2 Å². The summed E-state index contributed by atoms with van der Waals surface area (Å²) in [7, 11) is 2.16. The van der Waals surface area contributed by atoms with Crippen LogP contribution < -0.4 is 9.80 Å². The molecule has 146 valence electrons. The van der Waals surface area contributed by atoms with E-state index in [1.165, 1.54) is 22.5 Å². The second-order valence-corrected chi connectivity index (χ2v) is 8.19. The number of nitrogens with zero attached hydrogens (tertiary/aromatic N) is 3. The van der Waals surface area contributed by atoms with Crippen molar-refractivity contribution in [3.05, 3.63) is 59.7 Å². The average molecular weight is 376 g/mol. The fourth-order valence-corrected chi connectivity index (χ4v) is 3.98. The van der Waals surface area contributed by atoms with Gasteiger partial charge in [0.25, 0.3) is 0 Å². The van der Waals surface area contributed by atoms with E-state index in [-0.39, 0.29) is 5.54 Å². The Balaban J connectivity index is 1.52. The first-order chi connectivity index (χ1) is 13.4. The van der Waals surface area contributed by atoms with Crippen LogP contribution in [0.3, 0.4) is 0 Å². The van der Waals surface area contributed by atoms with E-state index in [2.05, 4.69) is 91.2 Å². The monoisotopic (exact) mass is 375 g/mol. The lowest BCUT2D eigenvalue weighted by Gasteiger charge is -2.40. The molecule has 4 nitrogen and oxygen atoms in total. The molecule has 28 heavy (non-hydrogen) atoms. The Morgan fingerprint density at radius 2 is 1.75 bits per heavy atom. The molecule has 1 saturated heterocycles. The first kappa shape index (κ1) is 18.8. The van der Waals surface area contributed by atoms with Gasteiger partial charge in [-0.05, 0) is 68.3 Å². The molecule has 0 aromatic heterocycles. The van der Waals surface area contributed by atoms with E-state index in [0.29, 0.717) is 0 Å². The van der Waals surface area contributed by atoms with Gasteiger partial charge in [-0.15, -0.1) is 0 Å². The third kappa shape index (κ3) is 3.69. The molecule has 0 atom stereocenters. The van der Waals surface area contributed by atoms with Crippen LogP contribution in [0.2, 0.25) is 0 Å². The Morgan fingerprint density at radius 1 is 1.04 bits per heavy atom. The summed E-state index contributed by atoms with van der Waals surface area (Å²) in [6.07, 6.45) is 4.29. The van der Waals surface area contributed by atoms with Crippen molar-refractivity contribution in [3.63, 3.8) is 0 Å². The van der Waals surface area contributed by atoms with E-state index in [0.717, 1.165) is 37.6 Å². The van der Waals surface area contributed by atoms with Crippen LogP contribution in [0.4, 0.5) is 17.1 Å². The van der Waals surface area contributed by atoms with E-state index in [1.807, 2.05) is 6.21 Å². The van der Waals surface area contributed by atoms with Crippen LogP contribution in [0.1, 0.15) is 31.9 Å². The predicted octanol–water partition coefficient (Wildman–Crippen LogP) is 4.91. The number of aliphatic imine (C=N–C) groups is 1. The summed E-state index contributed by atoms with van der Waals surface area (Å²) in [4.78, 5) is 9.37. The fourth-order valence-electron chi connectivity index (χ4n) is 3.98. The molecular weight excluding hydrogens is 346 g/mol. The van der Waals surface area contributed by atoms with Gasteiger partial charge < -0.3 is 14.5 Å². The van der Waals surface area contributed by atoms with Gasteiger partial charge in [0.2, 0.25) is 0 Å². The minimum atomic E-state index is 0.0366. The van der Waals surface area contributed by atoms with E-state index < -0.39 is 0 Å². The van der Waals surface area contributed by atoms with Crippen molar-refractivity contribution in [1.82, 2.24) is 0 Å². The number of likely N-dealkylation sites (N-methyl/N-ethyl adjacent to an activating group) is 1. The molecule has 1 fully saturated rings. The van der Waals surface area contributed by atoms with Crippen LogP contribution in [0.5, 0.6) is 0 Å². The smallest absolute Gasteiger partial charge is 0.0642 e. The van der Waals surface area contributed by atoms with Crippen LogP contribution in [0.15, 0.2) is 53.5 Å². The van der Waals surface area contributed by atoms with Gasteiger partial charge in [-0.1, -0.05) is 12.1 Å². The van der Waals surface area contributed by atoms with Crippen molar-refractivity contribution in [2.45, 2.75) is 26.3 Å². The molecule has 0 saturated carbocycles. The number of anilines is 2. The second kappa shape index (κ2) is 7.44. The SMILES string of the molecule is CC1=CC(C)(C)N(C)c2ccc(C=Nc3ccc(N4CCOCC4)cc3)cc21. The maximum absolute atomic E-state index is 5.43. The lowest BCUT2D eigenvalue weighted by Crippen LogP contribution is -2.42. The number of allylic oxidation sites excluding steroid dienone is 1. The Kier molecular flexibility index (Phi) is 4.98. The number of hydrogen-bond acceptors (Lipinski definition) is 4. The van der Waals surface area contributed by atoms with Crippen molar-refractivity contribution in [1.29, 1.82) is 0 Å². The quantitative estimate of drug-likeness (QED) is 0.714. The highest BCUT2D eigenvalue weighted by molar-refractivity contribution is 5.88. The maximum atomic E-state index is 5.43. The second-order valence-electron chi connectivity index (χ2n) is 8.19. The van der Waals surface area contributed by atoms with Crippen LogP contribution in [0, 0.1) is 0 Å². The molecule has 2 aliphatic heterocycles. The molecule has 4 rings (SSSR count). The number of rotatable bonds is 3. The van der Waals surface area contributed by atoms with Gasteiger partial charge >= 0.3 is 0 Å². The number of fused-ring (bicyclic) bond motifs is 1. The third-order valence-corrected chi connectivity index (χ3v) is 5.83. The number of morpholine rings is 1. The lowest BCUT2D eigenvalue weighted by atomic mass is 9.89. The first-order valence-electron chi connectivity index (χ1n) is 9.99. The average Bonchev–Trinajstić information content (AvgIpc) is 2.71. The van der Waals surface area contributed by atoms with Crippen LogP contribution in [0.25, 0.3) is 5.57 Å². The molecule has 4 heteroatoms. The topological polar surface area (TPSA) is 28.1 Å². The molecular formula is C24H29N3O. The first-order valence-corrected chi connectivity index (χ1v) is 9.99. The summed E-state index contributed by atoms with van der Waals surface area (Å²) in [6, 6.07) is 15.1. The summed E-state index contributed by atoms with van der Waals surface area (Å²) < 4.78 is 5.43. The summed E-state index contributed by atoms with van der Waals surface area (Å²) in [6.45, 7) is 10.2. The summed E-state index contributed by atoms with van der Waals surface area (Å²) in [5.41, 5.74) is 7.25. The van der Waals surface area contributed by atoms with E-state index in [1.54, 1.807) is 0 Å².